The zero-order valence-electron chi connectivity index (χ0n) is 6.77. The van der Waals surface area contributed by atoms with Gasteiger partial charge in [0, 0.05) is 25.9 Å². The highest BCUT2D eigenvalue weighted by molar-refractivity contribution is 7.83. The molecular weight excluding hydrogens is 197 g/mol. The summed E-state index contributed by atoms with van der Waals surface area (Å²) in [6.07, 6.45) is -0.177. The normalized spacial score (nSPS) is 10.8. The highest BCUT2D eigenvalue weighted by atomic mass is 32.3. The molecule has 0 heterocycles. The van der Waals surface area contributed by atoms with Crippen molar-refractivity contribution >= 4 is 10.4 Å². The molecule has 0 aliphatic rings. The van der Waals surface area contributed by atoms with Crippen molar-refractivity contribution in [3.05, 3.63) is 0 Å². The smallest absolute Gasteiger partial charge is 0.198 e. The van der Waals surface area contributed by atoms with Gasteiger partial charge < -0.3 is 0 Å². The van der Waals surface area contributed by atoms with Crippen LogP contribution in [0.3, 0.4) is 0 Å². The van der Waals surface area contributed by atoms with E-state index in [4.69, 9.17) is 10.5 Å². The Morgan fingerprint density at radius 2 is 1.54 bits per heavy atom. The van der Waals surface area contributed by atoms with Crippen LogP contribution in [0.5, 0.6) is 0 Å². The molecule has 5 nitrogen and oxygen atoms in total. The van der Waals surface area contributed by atoms with E-state index in [1.807, 2.05) is 0 Å². The van der Waals surface area contributed by atoms with E-state index in [2.05, 4.69) is 0 Å². The molecule has 0 bridgehead atoms. The third-order valence-electron chi connectivity index (χ3n) is 1.25. The summed E-state index contributed by atoms with van der Waals surface area (Å²) in [5, 5.41) is 16.3. The molecule has 7 heteroatoms. The minimum Gasteiger partial charge on any atom is -0.198 e. The fourth-order valence-electron chi connectivity index (χ4n) is 0.679. The zero-order valence-corrected chi connectivity index (χ0v) is 7.59. The largest absolute Gasteiger partial charge is 0.374 e. The maximum Gasteiger partial charge on any atom is 0.374 e. The molecule has 13 heavy (non-hydrogen) atoms. The third kappa shape index (κ3) is 5.12. The van der Waals surface area contributed by atoms with Crippen molar-refractivity contribution < 1.29 is 12.3 Å². The van der Waals surface area contributed by atoms with Gasteiger partial charge in [-0.3, -0.25) is 0 Å². The van der Waals surface area contributed by atoms with Crippen LogP contribution in [0.15, 0.2) is 0 Å². The number of nitriles is 2. The van der Waals surface area contributed by atoms with E-state index in [-0.39, 0.29) is 25.9 Å². The quantitative estimate of drug-likeness (QED) is 0.605. The van der Waals surface area contributed by atoms with Crippen LogP contribution in [-0.2, 0) is 10.4 Å². The van der Waals surface area contributed by atoms with Crippen molar-refractivity contribution in [2.45, 2.75) is 12.8 Å². The van der Waals surface area contributed by atoms with Crippen molar-refractivity contribution in [1.82, 2.24) is 4.31 Å². The van der Waals surface area contributed by atoms with Crippen molar-refractivity contribution in [1.29, 1.82) is 10.5 Å². The monoisotopic (exact) mass is 205 g/mol. The minimum atomic E-state index is -4.78. The number of hydrogen-bond donors (Lipinski definition) is 0. The van der Waals surface area contributed by atoms with Crippen LogP contribution in [0.2, 0.25) is 0 Å². The third-order valence-corrected chi connectivity index (χ3v) is 2.24. The molecule has 0 aliphatic carbocycles. The molecule has 0 aliphatic heterocycles. The van der Waals surface area contributed by atoms with E-state index in [9.17, 15) is 12.3 Å². The second-order valence-electron chi connectivity index (χ2n) is 2.16. The summed E-state index contributed by atoms with van der Waals surface area (Å²) in [4.78, 5) is 0. The number of nitrogens with zero attached hydrogens (tertiary/aromatic N) is 3. The number of rotatable bonds is 5. The zero-order chi connectivity index (χ0) is 10.3. The Morgan fingerprint density at radius 3 is 1.77 bits per heavy atom. The molecule has 0 atom stereocenters. The maximum absolute atomic E-state index is 12.4. The summed E-state index contributed by atoms with van der Waals surface area (Å²) >= 11 is 0. The predicted octanol–water partition coefficient (Wildman–Crippen LogP) is 0.330. The van der Waals surface area contributed by atoms with Crippen LogP contribution in [0, 0.1) is 22.7 Å². The number of halogens is 1. The SMILES string of the molecule is N#CCCN(CCC#N)S(=O)(=O)F. The first-order valence-corrected chi connectivity index (χ1v) is 4.80. The van der Waals surface area contributed by atoms with Gasteiger partial charge in [-0.15, -0.1) is 0 Å². The highest BCUT2D eigenvalue weighted by Gasteiger charge is 2.19. The second-order valence-corrected chi connectivity index (χ2v) is 3.50. The van der Waals surface area contributed by atoms with Gasteiger partial charge >= 0.3 is 10.4 Å². The summed E-state index contributed by atoms with van der Waals surface area (Å²) in [7, 11) is -4.78. The van der Waals surface area contributed by atoms with Crippen LogP contribution < -0.4 is 0 Å². The van der Waals surface area contributed by atoms with E-state index in [1.54, 1.807) is 12.1 Å². The maximum atomic E-state index is 12.4. The summed E-state index contributed by atoms with van der Waals surface area (Å²) < 4.78 is 33.6. The van der Waals surface area contributed by atoms with Crippen LogP contribution >= 0.6 is 0 Å². The average Bonchev–Trinajstić information content (AvgIpc) is 2.02. The van der Waals surface area contributed by atoms with Crippen LogP contribution in [-0.4, -0.2) is 25.8 Å². The highest BCUT2D eigenvalue weighted by Crippen LogP contribution is 2.04. The summed E-state index contributed by atoms with van der Waals surface area (Å²) in [5.41, 5.74) is 0. The molecule has 72 valence electrons. The van der Waals surface area contributed by atoms with Gasteiger partial charge in [-0.05, 0) is 0 Å². The molecule has 0 aromatic heterocycles. The van der Waals surface area contributed by atoms with Crippen molar-refractivity contribution in [3.63, 3.8) is 0 Å². The molecular formula is C6H8FN3O2S. The van der Waals surface area contributed by atoms with Gasteiger partial charge in [-0.25, -0.2) is 0 Å². The molecule has 0 aromatic carbocycles. The van der Waals surface area contributed by atoms with Gasteiger partial charge in [0.15, 0.2) is 0 Å². The lowest BCUT2D eigenvalue weighted by molar-refractivity contribution is 0.395. The standard InChI is InChI=1S/C6H8FN3O2S/c7-13(11,12)10(5-1-3-8)6-2-4-9/h1-2,5-6H2. The molecule has 0 fully saturated rings. The Morgan fingerprint density at radius 1 is 1.15 bits per heavy atom. The Hall–Kier alpha value is -1.18. The minimum absolute atomic E-state index is 0.0887. The molecule has 0 N–H and O–H groups in total. The van der Waals surface area contributed by atoms with Crippen molar-refractivity contribution in [2.75, 3.05) is 13.1 Å². The lowest BCUT2D eigenvalue weighted by Crippen LogP contribution is -2.29. The Labute approximate surface area is 76.3 Å². The molecule has 0 spiro atoms. The van der Waals surface area contributed by atoms with Crippen molar-refractivity contribution in [3.8, 4) is 12.1 Å². The predicted molar refractivity (Wildman–Crippen MR) is 42.1 cm³/mol. The fourth-order valence-corrected chi connectivity index (χ4v) is 1.30. The first kappa shape index (κ1) is 11.8. The van der Waals surface area contributed by atoms with Crippen LogP contribution in [0.4, 0.5) is 3.89 Å². The first-order chi connectivity index (χ1) is 6.02. The summed E-state index contributed by atoms with van der Waals surface area (Å²) in [6, 6.07) is 3.38. The van der Waals surface area contributed by atoms with E-state index < -0.39 is 10.4 Å². The number of hydrogen-bond acceptors (Lipinski definition) is 4. The molecule has 0 unspecified atom stereocenters. The van der Waals surface area contributed by atoms with Gasteiger partial charge in [0.05, 0.1) is 12.1 Å². The fraction of sp³-hybridized carbons (Fsp3) is 0.667. The average molecular weight is 205 g/mol. The van der Waals surface area contributed by atoms with Gasteiger partial charge in [0.2, 0.25) is 0 Å². The van der Waals surface area contributed by atoms with E-state index in [0.717, 1.165) is 0 Å². The Balaban J connectivity index is 4.24. The first-order valence-electron chi connectivity index (χ1n) is 3.46. The second kappa shape index (κ2) is 5.46. The topological polar surface area (TPSA) is 85.0 Å². The van der Waals surface area contributed by atoms with Gasteiger partial charge in [-0.2, -0.15) is 23.2 Å². The van der Waals surface area contributed by atoms with E-state index in [0.29, 0.717) is 4.31 Å². The Kier molecular flexibility index (Phi) is 4.97. The summed E-state index contributed by atoms with van der Waals surface area (Å²) in [6.45, 7) is -0.423. The molecule has 0 rings (SSSR count). The molecule has 0 saturated heterocycles. The lowest BCUT2D eigenvalue weighted by atomic mass is 10.4. The van der Waals surface area contributed by atoms with Gasteiger partial charge in [0.1, 0.15) is 0 Å². The van der Waals surface area contributed by atoms with Gasteiger partial charge in [0.25, 0.3) is 0 Å². The van der Waals surface area contributed by atoms with Gasteiger partial charge in [-0.1, -0.05) is 3.89 Å². The van der Waals surface area contributed by atoms with E-state index in [1.165, 1.54) is 0 Å². The van der Waals surface area contributed by atoms with E-state index >= 15 is 0 Å². The molecule has 0 saturated carbocycles. The van der Waals surface area contributed by atoms with Crippen LogP contribution in [0.25, 0.3) is 0 Å². The van der Waals surface area contributed by atoms with Crippen molar-refractivity contribution in [2.24, 2.45) is 0 Å². The lowest BCUT2D eigenvalue weighted by Gasteiger charge is -2.12. The van der Waals surface area contributed by atoms with Crippen LogP contribution in [0.1, 0.15) is 12.8 Å². The summed E-state index contributed by atoms with van der Waals surface area (Å²) in [5.74, 6) is 0. The molecule has 0 radical (unpaired) electrons. The molecule has 0 aromatic rings. The Bertz CT molecular complexity index is 309. The molecule has 0 amide bonds.